The van der Waals surface area contributed by atoms with Crippen molar-refractivity contribution in [1.29, 1.82) is 0 Å². The van der Waals surface area contributed by atoms with E-state index in [0.29, 0.717) is 5.92 Å². The van der Waals surface area contributed by atoms with E-state index < -0.39 is 12.1 Å². The van der Waals surface area contributed by atoms with Gasteiger partial charge in [0.25, 0.3) is 0 Å². The summed E-state index contributed by atoms with van der Waals surface area (Å²) in [5.74, 6) is -1.42. The second-order valence-corrected chi connectivity index (χ2v) is 8.33. The number of aromatic nitrogens is 8. The van der Waals surface area contributed by atoms with Crippen LogP contribution in [-0.4, -0.2) is 74.6 Å². The minimum atomic E-state index is -5.08. The molecule has 1 fully saturated rings. The monoisotopic (exact) mass is 491 g/mol. The van der Waals surface area contributed by atoms with Crippen molar-refractivity contribution in [3.8, 4) is 11.3 Å². The van der Waals surface area contributed by atoms with Crippen LogP contribution in [0.2, 0.25) is 0 Å². The Labute approximate surface area is 197 Å². The zero-order valence-corrected chi connectivity index (χ0v) is 19.1. The number of nitrogens with zero attached hydrogens (tertiary/aromatic N) is 9. The van der Waals surface area contributed by atoms with E-state index in [9.17, 15) is 13.2 Å². The van der Waals surface area contributed by atoms with Crippen molar-refractivity contribution >= 4 is 11.6 Å². The molecule has 0 spiro atoms. The van der Waals surface area contributed by atoms with E-state index in [2.05, 4.69) is 31.5 Å². The van der Waals surface area contributed by atoms with Crippen molar-refractivity contribution in [2.45, 2.75) is 31.5 Å². The van der Waals surface area contributed by atoms with Gasteiger partial charge in [0, 0.05) is 50.1 Å². The quantitative estimate of drug-likeness (QED) is 0.462. The number of likely N-dealkylation sites (tertiary alicyclic amines) is 1. The van der Waals surface area contributed by atoms with Crippen LogP contribution in [0, 0.1) is 0 Å². The molecule has 4 aromatic heterocycles. The van der Waals surface area contributed by atoms with Crippen molar-refractivity contribution in [3.63, 3.8) is 0 Å². The van der Waals surface area contributed by atoms with Crippen LogP contribution in [0.3, 0.4) is 0 Å². The van der Waals surface area contributed by atoms with Gasteiger partial charge in [-0.3, -0.25) is 14.3 Å². The summed E-state index contributed by atoms with van der Waals surface area (Å²) in [5.41, 5.74) is 3.93. The normalized spacial score (nSPS) is 15.2. The maximum atomic E-state index is 10.6. The average Bonchev–Trinajstić information content (AvgIpc) is 3.53. The number of carboxylic acids is 1. The fraction of sp³-hybridized carbons (Fsp3) is 0.429. The first-order valence-corrected chi connectivity index (χ1v) is 10.8. The molecule has 11 nitrogen and oxygen atoms in total. The molecule has 186 valence electrons. The Morgan fingerprint density at radius 3 is 2.29 bits per heavy atom. The van der Waals surface area contributed by atoms with Gasteiger partial charge in [-0.1, -0.05) is 0 Å². The highest BCUT2D eigenvalue weighted by Crippen LogP contribution is 2.28. The number of carbonyl (C=O) groups is 1. The van der Waals surface area contributed by atoms with E-state index in [0.717, 1.165) is 55.2 Å². The third kappa shape index (κ3) is 5.82. The Bertz CT molecular complexity index is 1300. The first-order valence-electron chi connectivity index (χ1n) is 10.8. The van der Waals surface area contributed by atoms with Crippen LogP contribution >= 0.6 is 0 Å². The van der Waals surface area contributed by atoms with Crippen molar-refractivity contribution in [2.24, 2.45) is 14.1 Å². The second-order valence-electron chi connectivity index (χ2n) is 8.33. The lowest BCUT2D eigenvalue weighted by atomic mass is 9.96. The molecule has 1 aliphatic rings. The molecular weight excluding hydrogens is 467 g/mol. The lowest BCUT2D eigenvalue weighted by molar-refractivity contribution is -0.192. The van der Waals surface area contributed by atoms with Crippen LogP contribution < -0.4 is 0 Å². The van der Waals surface area contributed by atoms with Gasteiger partial charge in [-0.25, -0.2) is 4.79 Å². The Kier molecular flexibility index (Phi) is 6.82. The molecule has 5 heterocycles. The summed E-state index contributed by atoms with van der Waals surface area (Å²) in [6, 6.07) is 3.95. The van der Waals surface area contributed by atoms with E-state index in [-0.39, 0.29) is 0 Å². The molecule has 0 radical (unpaired) electrons. The summed E-state index contributed by atoms with van der Waals surface area (Å²) in [6.07, 6.45) is 4.86. The minimum absolute atomic E-state index is 0.372. The Balaban J connectivity index is 0.000000364. The molecule has 0 atom stereocenters. The smallest absolute Gasteiger partial charge is 0.475 e. The highest BCUT2D eigenvalue weighted by atomic mass is 19.4. The van der Waals surface area contributed by atoms with Gasteiger partial charge >= 0.3 is 12.1 Å². The average molecular weight is 491 g/mol. The fourth-order valence-electron chi connectivity index (χ4n) is 3.93. The van der Waals surface area contributed by atoms with Gasteiger partial charge in [-0.05, 0) is 38.1 Å². The number of aliphatic carboxylic acids is 1. The molecular formula is C21H24F3N9O2. The largest absolute Gasteiger partial charge is 0.490 e. The Hall–Kier alpha value is -3.81. The molecule has 0 unspecified atom stereocenters. The number of rotatable bonds is 4. The molecule has 0 amide bonds. The van der Waals surface area contributed by atoms with Crippen LogP contribution in [0.4, 0.5) is 13.2 Å². The summed E-state index contributed by atoms with van der Waals surface area (Å²) in [6.45, 7) is 3.03. The van der Waals surface area contributed by atoms with Gasteiger partial charge < -0.3 is 5.11 Å². The molecule has 1 saturated heterocycles. The molecule has 0 aromatic carbocycles. The van der Waals surface area contributed by atoms with Gasteiger partial charge in [-0.15, -0.1) is 10.2 Å². The van der Waals surface area contributed by atoms with Crippen LogP contribution in [0.1, 0.15) is 30.1 Å². The predicted molar refractivity (Wildman–Crippen MR) is 117 cm³/mol. The number of piperidine rings is 1. The standard InChI is InChI=1S/C19H23N9.C2HF3O2/c1-25-11-14(9-20-25)12-27-7-5-15(6-8-27)19-23-22-18-4-3-17(24-28(18)19)16-10-21-26(2)13-16;3-2(4,5)1(6)7/h3-4,9-11,13,15H,5-8,12H2,1-2H3;(H,6,7). The van der Waals surface area contributed by atoms with Gasteiger partial charge in [0.15, 0.2) is 11.5 Å². The Morgan fingerprint density at radius 2 is 1.71 bits per heavy atom. The maximum absolute atomic E-state index is 10.6. The number of fused-ring (bicyclic) bond motifs is 1. The van der Waals surface area contributed by atoms with E-state index in [4.69, 9.17) is 15.0 Å². The first kappa shape index (κ1) is 24.3. The highest BCUT2D eigenvalue weighted by Gasteiger charge is 2.38. The molecule has 4 aromatic rings. The highest BCUT2D eigenvalue weighted by molar-refractivity contribution is 5.73. The molecule has 5 rings (SSSR count). The molecule has 35 heavy (non-hydrogen) atoms. The van der Waals surface area contributed by atoms with Crippen molar-refractivity contribution < 1.29 is 23.1 Å². The van der Waals surface area contributed by atoms with Gasteiger partial charge in [0.2, 0.25) is 0 Å². The Morgan fingerprint density at radius 1 is 1.06 bits per heavy atom. The first-order chi connectivity index (χ1) is 16.6. The predicted octanol–water partition coefficient (Wildman–Crippen LogP) is 2.27. The molecule has 1 N–H and O–H groups in total. The van der Waals surface area contributed by atoms with Crippen molar-refractivity contribution in [1.82, 2.24) is 44.3 Å². The number of aryl methyl sites for hydroxylation is 2. The van der Waals surface area contributed by atoms with E-state index in [1.807, 2.05) is 54.0 Å². The molecule has 14 heteroatoms. The van der Waals surface area contributed by atoms with E-state index in [1.54, 1.807) is 4.68 Å². The lowest BCUT2D eigenvalue weighted by Crippen LogP contribution is -2.33. The zero-order valence-electron chi connectivity index (χ0n) is 19.1. The van der Waals surface area contributed by atoms with Crippen molar-refractivity contribution in [2.75, 3.05) is 13.1 Å². The van der Waals surface area contributed by atoms with Crippen LogP contribution in [0.5, 0.6) is 0 Å². The summed E-state index contributed by atoms with van der Waals surface area (Å²) < 4.78 is 37.3. The van der Waals surface area contributed by atoms with Crippen molar-refractivity contribution in [3.05, 3.63) is 48.3 Å². The summed E-state index contributed by atoms with van der Waals surface area (Å²) in [7, 11) is 3.87. The fourth-order valence-corrected chi connectivity index (χ4v) is 3.93. The summed E-state index contributed by atoms with van der Waals surface area (Å²) >= 11 is 0. The molecule has 0 saturated carbocycles. The number of hydrogen-bond acceptors (Lipinski definition) is 7. The van der Waals surface area contributed by atoms with E-state index in [1.165, 1.54) is 5.56 Å². The lowest BCUT2D eigenvalue weighted by Gasteiger charge is -2.30. The van der Waals surface area contributed by atoms with Crippen LogP contribution in [-0.2, 0) is 25.4 Å². The zero-order chi connectivity index (χ0) is 25.2. The minimum Gasteiger partial charge on any atom is -0.475 e. The van der Waals surface area contributed by atoms with Gasteiger partial charge in [-0.2, -0.15) is 33.0 Å². The van der Waals surface area contributed by atoms with Gasteiger partial charge in [0.05, 0.1) is 18.1 Å². The number of hydrogen-bond donors (Lipinski definition) is 1. The number of halogens is 3. The SMILES string of the molecule is Cn1cc(CN2CCC(c3nnc4ccc(-c5cnn(C)c5)nn34)CC2)cn1.O=C(O)C(F)(F)F. The summed E-state index contributed by atoms with van der Waals surface area (Å²) in [4.78, 5) is 11.4. The van der Waals surface area contributed by atoms with Crippen LogP contribution in [0.15, 0.2) is 36.9 Å². The third-order valence-electron chi connectivity index (χ3n) is 5.65. The van der Waals surface area contributed by atoms with Gasteiger partial charge in [0.1, 0.15) is 0 Å². The topological polar surface area (TPSA) is 119 Å². The molecule has 0 aliphatic carbocycles. The number of alkyl halides is 3. The number of carboxylic acid groups (broad SMARTS) is 1. The van der Waals surface area contributed by atoms with E-state index >= 15 is 0 Å². The summed E-state index contributed by atoms with van der Waals surface area (Å²) in [5, 5.41) is 29.2. The third-order valence-corrected chi connectivity index (χ3v) is 5.65. The van der Waals surface area contributed by atoms with Crippen LogP contribution in [0.25, 0.3) is 16.9 Å². The molecule has 0 bridgehead atoms. The second kappa shape index (κ2) is 9.82. The maximum Gasteiger partial charge on any atom is 0.490 e. The molecule has 1 aliphatic heterocycles.